The fraction of sp³-hybridized carbons (Fsp3) is 0.579. The van der Waals surface area contributed by atoms with Crippen molar-refractivity contribution in [1.82, 2.24) is 10.6 Å². The van der Waals surface area contributed by atoms with Crippen LogP contribution in [-0.2, 0) is 14.3 Å². The highest BCUT2D eigenvalue weighted by Crippen LogP contribution is 2.30. The Labute approximate surface area is 148 Å². The molecule has 0 aromatic heterocycles. The molecule has 0 spiro atoms. The minimum atomic E-state index is -0.530. The highest BCUT2D eigenvalue weighted by atomic mass is 16.5. The number of anilines is 1. The van der Waals surface area contributed by atoms with Crippen molar-refractivity contribution in [1.29, 1.82) is 0 Å². The Balaban J connectivity index is 1.67. The average molecular weight is 345 g/mol. The highest BCUT2D eigenvalue weighted by molar-refractivity contribution is 6.01. The number of hydrogen-bond donors (Lipinski definition) is 2. The van der Waals surface area contributed by atoms with Gasteiger partial charge in [0.05, 0.1) is 12.0 Å². The summed E-state index contributed by atoms with van der Waals surface area (Å²) >= 11 is 0. The van der Waals surface area contributed by atoms with Crippen LogP contribution in [-0.4, -0.2) is 51.2 Å². The van der Waals surface area contributed by atoms with Crippen LogP contribution in [0.1, 0.15) is 24.8 Å². The molecule has 0 aliphatic carbocycles. The van der Waals surface area contributed by atoms with Crippen molar-refractivity contribution in [3.8, 4) is 0 Å². The number of ether oxygens (including phenoxy) is 1. The van der Waals surface area contributed by atoms with E-state index in [0.29, 0.717) is 19.6 Å². The van der Waals surface area contributed by atoms with Gasteiger partial charge < -0.3 is 20.3 Å². The van der Waals surface area contributed by atoms with Crippen LogP contribution >= 0.6 is 0 Å². The van der Waals surface area contributed by atoms with Gasteiger partial charge in [0.1, 0.15) is 6.04 Å². The third kappa shape index (κ3) is 3.70. The third-order valence-corrected chi connectivity index (χ3v) is 5.32. The predicted octanol–water partition coefficient (Wildman–Crippen LogP) is 1.23. The van der Waals surface area contributed by atoms with E-state index in [9.17, 15) is 9.59 Å². The average Bonchev–Trinajstić information content (AvgIpc) is 2.97. The molecule has 3 rings (SSSR count). The van der Waals surface area contributed by atoms with E-state index in [-0.39, 0.29) is 11.8 Å². The second-order valence-corrected chi connectivity index (χ2v) is 7.10. The van der Waals surface area contributed by atoms with E-state index < -0.39 is 11.5 Å². The molecule has 0 saturated carbocycles. The van der Waals surface area contributed by atoms with Crippen molar-refractivity contribution >= 4 is 17.5 Å². The van der Waals surface area contributed by atoms with Gasteiger partial charge in [0.15, 0.2) is 0 Å². The standard InChI is InChI=1S/C19H27N3O3/c1-14-3-5-15(6-4-14)22-12-7-16(17(22)23)21-18(24)19(13-25-2)8-10-20-11-9-19/h3-6,16,20H,7-13H2,1-2H3,(H,21,24). The molecule has 2 aliphatic heterocycles. The summed E-state index contributed by atoms with van der Waals surface area (Å²) in [5.41, 5.74) is 1.52. The van der Waals surface area contributed by atoms with Crippen LogP contribution < -0.4 is 15.5 Å². The zero-order chi connectivity index (χ0) is 17.9. The number of aryl methyl sites for hydroxylation is 1. The largest absolute Gasteiger partial charge is 0.384 e. The van der Waals surface area contributed by atoms with Gasteiger partial charge in [0.2, 0.25) is 11.8 Å². The van der Waals surface area contributed by atoms with E-state index in [1.165, 1.54) is 0 Å². The summed E-state index contributed by atoms with van der Waals surface area (Å²) in [6, 6.07) is 7.46. The van der Waals surface area contributed by atoms with E-state index in [4.69, 9.17) is 4.74 Å². The van der Waals surface area contributed by atoms with E-state index in [2.05, 4.69) is 10.6 Å². The van der Waals surface area contributed by atoms with Crippen molar-refractivity contribution in [2.45, 2.75) is 32.2 Å². The van der Waals surface area contributed by atoms with Gasteiger partial charge >= 0.3 is 0 Å². The van der Waals surface area contributed by atoms with E-state index in [0.717, 1.165) is 37.2 Å². The summed E-state index contributed by atoms with van der Waals surface area (Å²) < 4.78 is 5.31. The molecular formula is C19H27N3O3. The molecule has 6 nitrogen and oxygen atoms in total. The summed E-state index contributed by atoms with van der Waals surface area (Å²) in [4.78, 5) is 27.4. The molecule has 2 N–H and O–H groups in total. The van der Waals surface area contributed by atoms with Gasteiger partial charge in [0, 0.05) is 19.3 Å². The van der Waals surface area contributed by atoms with Crippen molar-refractivity contribution in [2.24, 2.45) is 5.41 Å². The Bertz CT molecular complexity index is 618. The number of carbonyl (C=O) groups is 2. The summed E-state index contributed by atoms with van der Waals surface area (Å²) in [7, 11) is 1.62. The van der Waals surface area contributed by atoms with Crippen LogP contribution in [0.15, 0.2) is 24.3 Å². The second kappa shape index (κ2) is 7.54. The molecule has 136 valence electrons. The molecule has 2 fully saturated rings. The van der Waals surface area contributed by atoms with Crippen molar-refractivity contribution in [2.75, 3.05) is 38.3 Å². The fourth-order valence-corrected chi connectivity index (χ4v) is 3.72. The molecule has 25 heavy (non-hydrogen) atoms. The normalized spacial score (nSPS) is 22.9. The van der Waals surface area contributed by atoms with Gasteiger partial charge in [-0.1, -0.05) is 17.7 Å². The molecule has 1 aromatic rings. The van der Waals surface area contributed by atoms with Gasteiger partial charge in [-0.15, -0.1) is 0 Å². The molecule has 1 unspecified atom stereocenters. The lowest BCUT2D eigenvalue weighted by Crippen LogP contribution is -2.53. The molecule has 2 saturated heterocycles. The molecule has 2 aliphatic rings. The minimum absolute atomic E-state index is 0.0290. The number of nitrogens with one attached hydrogen (secondary N) is 2. The molecule has 1 aromatic carbocycles. The summed E-state index contributed by atoms with van der Waals surface area (Å²) in [6.45, 7) is 4.64. The number of piperidine rings is 1. The number of rotatable bonds is 5. The van der Waals surface area contributed by atoms with Crippen LogP contribution in [0.2, 0.25) is 0 Å². The third-order valence-electron chi connectivity index (χ3n) is 5.32. The quantitative estimate of drug-likeness (QED) is 0.842. The van der Waals surface area contributed by atoms with Gasteiger partial charge in [-0.2, -0.15) is 0 Å². The number of hydrogen-bond acceptors (Lipinski definition) is 4. The van der Waals surface area contributed by atoms with E-state index >= 15 is 0 Å². The summed E-state index contributed by atoms with van der Waals surface area (Å²) in [5.74, 6) is -0.0846. The molecule has 0 radical (unpaired) electrons. The van der Waals surface area contributed by atoms with Crippen molar-refractivity contribution in [3.63, 3.8) is 0 Å². The Kier molecular flexibility index (Phi) is 5.39. The number of methoxy groups -OCH3 is 1. The van der Waals surface area contributed by atoms with E-state index in [1.807, 2.05) is 31.2 Å². The maximum atomic E-state index is 12.9. The molecule has 2 heterocycles. The topological polar surface area (TPSA) is 70.7 Å². The Hall–Kier alpha value is -1.92. The monoisotopic (exact) mass is 345 g/mol. The van der Waals surface area contributed by atoms with Gasteiger partial charge in [-0.25, -0.2) is 0 Å². The lowest BCUT2D eigenvalue weighted by Gasteiger charge is -2.36. The molecular weight excluding hydrogens is 318 g/mol. The lowest BCUT2D eigenvalue weighted by atomic mass is 9.78. The maximum Gasteiger partial charge on any atom is 0.249 e. The molecule has 1 atom stereocenters. The molecule has 0 bridgehead atoms. The zero-order valence-corrected chi connectivity index (χ0v) is 15.0. The van der Waals surface area contributed by atoms with Gasteiger partial charge in [0.25, 0.3) is 0 Å². The maximum absolute atomic E-state index is 12.9. The smallest absolute Gasteiger partial charge is 0.249 e. The molecule has 6 heteroatoms. The van der Waals surface area contributed by atoms with Crippen LogP contribution in [0.5, 0.6) is 0 Å². The van der Waals surface area contributed by atoms with Crippen molar-refractivity contribution in [3.05, 3.63) is 29.8 Å². The van der Waals surface area contributed by atoms with Crippen LogP contribution in [0.4, 0.5) is 5.69 Å². The fourth-order valence-electron chi connectivity index (χ4n) is 3.72. The number of nitrogens with zero attached hydrogens (tertiary/aromatic N) is 1. The highest BCUT2D eigenvalue weighted by Gasteiger charge is 2.43. The Morgan fingerprint density at radius 1 is 1.32 bits per heavy atom. The Morgan fingerprint density at radius 3 is 2.64 bits per heavy atom. The second-order valence-electron chi connectivity index (χ2n) is 7.10. The van der Waals surface area contributed by atoms with Crippen molar-refractivity contribution < 1.29 is 14.3 Å². The first-order chi connectivity index (χ1) is 12.1. The SMILES string of the molecule is COCC1(C(=O)NC2CCN(c3ccc(C)cc3)C2=O)CCNCC1. The summed E-state index contributed by atoms with van der Waals surface area (Å²) in [5, 5.41) is 6.27. The Morgan fingerprint density at radius 2 is 2.00 bits per heavy atom. The lowest BCUT2D eigenvalue weighted by molar-refractivity contribution is -0.138. The van der Waals surface area contributed by atoms with Crippen LogP contribution in [0.3, 0.4) is 0 Å². The minimum Gasteiger partial charge on any atom is -0.384 e. The number of benzene rings is 1. The van der Waals surface area contributed by atoms with Crippen LogP contribution in [0.25, 0.3) is 0 Å². The number of amides is 2. The number of carbonyl (C=O) groups excluding carboxylic acids is 2. The zero-order valence-electron chi connectivity index (χ0n) is 15.0. The predicted molar refractivity (Wildman–Crippen MR) is 96.5 cm³/mol. The first-order valence-corrected chi connectivity index (χ1v) is 8.94. The first-order valence-electron chi connectivity index (χ1n) is 8.94. The first kappa shape index (κ1) is 17.9. The van der Waals surface area contributed by atoms with Crippen LogP contribution in [0, 0.1) is 12.3 Å². The summed E-state index contributed by atoms with van der Waals surface area (Å²) in [6.07, 6.45) is 2.10. The van der Waals surface area contributed by atoms with Gasteiger partial charge in [-0.05, 0) is 51.4 Å². The van der Waals surface area contributed by atoms with E-state index in [1.54, 1.807) is 12.0 Å². The van der Waals surface area contributed by atoms with Gasteiger partial charge in [-0.3, -0.25) is 9.59 Å². The molecule has 2 amide bonds.